The van der Waals surface area contributed by atoms with E-state index in [1.165, 1.54) is 27.3 Å². The average Bonchev–Trinajstić information content (AvgIpc) is 2.83. The maximum Gasteiger partial charge on any atom is 0.162 e. The Morgan fingerprint density at radius 3 is 2.64 bits per heavy atom. The number of methoxy groups -OCH3 is 1. The number of rotatable bonds is 6. The fourth-order valence-corrected chi connectivity index (χ4v) is 5.09. The second kappa shape index (κ2) is 9.03. The van der Waals surface area contributed by atoms with Crippen molar-refractivity contribution in [2.24, 2.45) is 0 Å². The van der Waals surface area contributed by atoms with Crippen molar-refractivity contribution in [1.82, 2.24) is 9.88 Å². The van der Waals surface area contributed by atoms with Gasteiger partial charge in [0.25, 0.3) is 0 Å². The van der Waals surface area contributed by atoms with Gasteiger partial charge in [-0.25, -0.2) is 4.98 Å². The fourth-order valence-electron chi connectivity index (χ4n) is 5.09. The van der Waals surface area contributed by atoms with Gasteiger partial charge in [-0.3, -0.25) is 4.90 Å². The Bertz CT molecular complexity index is 1310. The van der Waals surface area contributed by atoms with Gasteiger partial charge in [0.1, 0.15) is 0 Å². The lowest BCUT2D eigenvalue weighted by Gasteiger charge is -2.31. The first-order valence-corrected chi connectivity index (χ1v) is 12.0. The minimum atomic E-state index is 0.0686. The number of hydrogen-bond acceptors (Lipinski definition) is 4. The van der Waals surface area contributed by atoms with Crippen LogP contribution in [-0.4, -0.2) is 36.2 Å². The Hall–Kier alpha value is -3.11. The minimum absolute atomic E-state index is 0.0686. The number of ether oxygens (including phenoxy) is 2. The summed E-state index contributed by atoms with van der Waals surface area (Å²) in [6.07, 6.45) is 2.27. The summed E-state index contributed by atoms with van der Waals surface area (Å²) in [5, 5.41) is 3.89. The SMILES string of the molecule is CCCN1CCc2c(c(-c3ccc(OC)c(OC(C)C)c3)nc3ccc4ccccc4c23)C1. The number of pyridine rings is 1. The predicted molar refractivity (Wildman–Crippen MR) is 136 cm³/mol. The van der Waals surface area contributed by atoms with E-state index in [-0.39, 0.29) is 6.10 Å². The van der Waals surface area contributed by atoms with Crippen molar-refractivity contribution in [3.05, 3.63) is 65.7 Å². The summed E-state index contributed by atoms with van der Waals surface area (Å²) in [5.41, 5.74) is 6.00. The zero-order valence-electron chi connectivity index (χ0n) is 20.0. The fraction of sp³-hybridized carbons (Fsp3) is 0.345. The average molecular weight is 441 g/mol. The maximum absolute atomic E-state index is 6.08. The molecule has 33 heavy (non-hydrogen) atoms. The first-order valence-electron chi connectivity index (χ1n) is 12.0. The number of benzene rings is 3. The van der Waals surface area contributed by atoms with Crippen LogP contribution in [0.2, 0.25) is 0 Å². The number of nitrogens with zero attached hydrogens (tertiary/aromatic N) is 2. The summed E-state index contributed by atoms with van der Waals surface area (Å²) in [6, 6.07) is 19.2. The van der Waals surface area contributed by atoms with Crippen molar-refractivity contribution in [1.29, 1.82) is 0 Å². The van der Waals surface area contributed by atoms with Crippen LogP contribution in [0.4, 0.5) is 0 Å². The van der Waals surface area contributed by atoms with Crippen LogP contribution in [0.5, 0.6) is 11.5 Å². The molecule has 0 spiro atoms. The van der Waals surface area contributed by atoms with Crippen LogP contribution in [-0.2, 0) is 13.0 Å². The van der Waals surface area contributed by atoms with E-state index in [1.54, 1.807) is 7.11 Å². The highest BCUT2D eigenvalue weighted by atomic mass is 16.5. The molecule has 5 rings (SSSR count). The zero-order valence-corrected chi connectivity index (χ0v) is 20.0. The molecule has 0 saturated heterocycles. The molecule has 2 heterocycles. The second-order valence-electron chi connectivity index (χ2n) is 9.16. The molecule has 4 nitrogen and oxygen atoms in total. The first-order chi connectivity index (χ1) is 16.1. The van der Waals surface area contributed by atoms with Crippen molar-refractivity contribution < 1.29 is 9.47 Å². The third-order valence-corrected chi connectivity index (χ3v) is 6.49. The molecule has 170 valence electrons. The van der Waals surface area contributed by atoms with Crippen molar-refractivity contribution in [2.45, 2.75) is 46.3 Å². The van der Waals surface area contributed by atoms with Gasteiger partial charge in [0.15, 0.2) is 11.5 Å². The van der Waals surface area contributed by atoms with Crippen molar-refractivity contribution in [3.63, 3.8) is 0 Å². The number of fused-ring (bicyclic) bond motifs is 5. The molecule has 0 N–H and O–H groups in total. The van der Waals surface area contributed by atoms with E-state index in [0.29, 0.717) is 0 Å². The standard InChI is InChI=1S/C29H32N2O2/c1-5-15-31-16-14-23-24(18-31)29(21-11-13-26(32-4)27(17-21)33-19(2)3)30-25-12-10-20-8-6-7-9-22(20)28(23)25/h6-13,17,19H,5,14-16,18H2,1-4H3. The Labute approximate surface area is 196 Å². The highest BCUT2D eigenvalue weighted by molar-refractivity contribution is 6.09. The predicted octanol–water partition coefficient (Wildman–Crippen LogP) is 6.62. The van der Waals surface area contributed by atoms with Gasteiger partial charge in [-0.1, -0.05) is 37.3 Å². The molecule has 0 amide bonds. The third-order valence-electron chi connectivity index (χ3n) is 6.49. The zero-order chi connectivity index (χ0) is 22.9. The lowest BCUT2D eigenvalue weighted by Crippen LogP contribution is -2.32. The smallest absolute Gasteiger partial charge is 0.162 e. The molecule has 4 heteroatoms. The van der Waals surface area contributed by atoms with Gasteiger partial charge < -0.3 is 9.47 Å². The van der Waals surface area contributed by atoms with Gasteiger partial charge in [-0.15, -0.1) is 0 Å². The van der Waals surface area contributed by atoms with Crippen LogP contribution in [0.15, 0.2) is 54.6 Å². The summed E-state index contributed by atoms with van der Waals surface area (Å²) >= 11 is 0. The molecular formula is C29H32N2O2. The molecular weight excluding hydrogens is 408 g/mol. The van der Waals surface area contributed by atoms with Crippen LogP contribution < -0.4 is 9.47 Å². The minimum Gasteiger partial charge on any atom is -0.493 e. The molecule has 0 saturated carbocycles. The van der Waals surface area contributed by atoms with Gasteiger partial charge in [0.2, 0.25) is 0 Å². The molecule has 3 aromatic carbocycles. The molecule has 0 aliphatic carbocycles. The van der Waals surface area contributed by atoms with Crippen molar-refractivity contribution >= 4 is 21.7 Å². The monoisotopic (exact) mass is 440 g/mol. The van der Waals surface area contributed by atoms with Gasteiger partial charge in [-0.05, 0) is 79.4 Å². The lowest BCUT2D eigenvalue weighted by molar-refractivity contribution is 0.230. The summed E-state index contributed by atoms with van der Waals surface area (Å²) in [6.45, 7) is 9.45. The van der Waals surface area contributed by atoms with Gasteiger partial charge in [0.05, 0.1) is 24.4 Å². The third kappa shape index (κ3) is 4.04. The molecule has 1 aliphatic heterocycles. The Morgan fingerprint density at radius 2 is 1.85 bits per heavy atom. The van der Waals surface area contributed by atoms with E-state index >= 15 is 0 Å². The van der Waals surface area contributed by atoms with E-state index in [4.69, 9.17) is 14.5 Å². The molecule has 1 aliphatic rings. The molecule has 0 fully saturated rings. The van der Waals surface area contributed by atoms with Crippen LogP contribution in [0, 0.1) is 0 Å². The van der Waals surface area contributed by atoms with Crippen molar-refractivity contribution in [3.8, 4) is 22.8 Å². The van der Waals surface area contributed by atoms with Crippen molar-refractivity contribution in [2.75, 3.05) is 20.2 Å². The summed E-state index contributed by atoms with van der Waals surface area (Å²) < 4.78 is 11.6. The van der Waals surface area contributed by atoms with Crippen LogP contribution in [0.1, 0.15) is 38.3 Å². The molecule has 0 atom stereocenters. The molecule has 4 aromatic rings. The molecule has 0 bridgehead atoms. The highest BCUT2D eigenvalue weighted by Crippen LogP contribution is 2.40. The molecule has 0 unspecified atom stereocenters. The highest BCUT2D eigenvalue weighted by Gasteiger charge is 2.24. The number of aromatic nitrogens is 1. The summed E-state index contributed by atoms with van der Waals surface area (Å²) in [5.74, 6) is 1.51. The van der Waals surface area contributed by atoms with E-state index < -0.39 is 0 Å². The van der Waals surface area contributed by atoms with Gasteiger partial charge in [-0.2, -0.15) is 0 Å². The summed E-state index contributed by atoms with van der Waals surface area (Å²) in [7, 11) is 1.69. The largest absolute Gasteiger partial charge is 0.493 e. The molecule has 0 radical (unpaired) electrons. The molecule has 1 aromatic heterocycles. The van der Waals surface area contributed by atoms with Crippen LogP contribution >= 0.6 is 0 Å². The Morgan fingerprint density at radius 1 is 1.00 bits per heavy atom. The van der Waals surface area contributed by atoms with Gasteiger partial charge >= 0.3 is 0 Å². The first kappa shape index (κ1) is 21.7. The maximum atomic E-state index is 6.08. The summed E-state index contributed by atoms with van der Waals surface area (Å²) in [4.78, 5) is 7.81. The quantitative estimate of drug-likeness (QED) is 0.316. The van der Waals surface area contributed by atoms with E-state index in [0.717, 1.165) is 60.7 Å². The topological polar surface area (TPSA) is 34.6 Å². The normalized spacial score (nSPS) is 14.1. The number of hydrogen-bond donors (Lipinski definition) is 0. The Balaban J connectivity index is 1.76. The Kier molecular flexibility index (Phi) is 5.94. The lowest BCUT2D eigenvalue weighted by atomic mass is 9.89. The van der Waals surface area contributed by atoms with E-state index in [1.807, 2.05) is 19.9 Å². The second-order valence-corrected chi connectivity index (χ2v) is 9.16. The van der Waals surface area contributed by atoms with E-state index in [9.17, 15) is 0 Å². The van der Waals surface area contributed by atoms with Crippen LogP contribution in [0.25, 0.3) is 32.9 Å². The van der Waals surface area contributed by atoms with Gasteiger partial charge in [0, 0.05) is 24.0 Å². The van der Waals surface area contributed by atoms with Crippen LogP contribution in [0.3, 0.4) is 0 Å². The van der Waals surface area contributed by atoms with E-state index in [2.05, 4.69) is 60.4 Å².